The molecule has 10 aromatic rings. The summed E-state index contributed by atoms with van der Waals surface area (Å²) >= 11 is 0. The van der Waals surface area contributed by atoms with Gasteiger partial charge in [0.2, 0.25) is 0 Å². The third-order valence-electron chi connectivity index (χ3n) is 21.5. The van der Waals surface area contributed by atoms with Crippen molar-refractivity contribution in [3.8, 4) is 22.3 Å². The van der Waals surface area contributed by atoms with Crippen LogP contribution in [0.3, 0.4) is 0 Å². The van der Waals surface area contributed by atoms with E-state index in [-0.39, 0.29) is 17.5 Å². The van der Waals surface area contributed by atoms with Crippen LogP contribution < -0.4 is 9.80 Å². The summed E-state index contributed by atoms with van der Waals surface area (Å²) in [7, 11) is 0. The third-order valence-corrected chi connectivity index (χ3v) is 21.5. The SMILES string of the molecule is C=Cc1ccc(CC2(c3ccccc3)C3=C(CC(C)CC=C3)c3ccc(N(C4C=CC(C5=CC=CCC5)=CC4)C4C=CC(c5ccc(N(c6ccc(-c7ccccc7)cc6)c6ccc7c(c6)C(Cc6ccc(C=C)cc6)(c6ccccc6)c6ccccc6-7)cc5)=CC4)cc32)cc1. The summed E-state index contributed by atoms with van der Waals surface area (Å²) in [6.45, 7) is 10.6. The van der Waals surface area contributed by atoms with E-state index >= 15 is 0 Å². The Bertz CT molecular complexity index is 4840. The molecule has 0 saturated carbocycles. The number of fused-ring (bicyclic) bond motifs is 5. The highest BCUT2D eigenvalue weighted by Crippen LogP contribution is 2.58. The molecule has 5 unspecified atom stereocenters. The lowest BCUT2D eigenvalue weighted by atomic mass is 9.67. The van der Waals surface area contributed by atoms with Gasteiger partial charge in [-0.2, -0.15) is 0 Å². The highest BCUT2D eigenvalue weighted by atomic mass is 15.2. The van der Waals surface area contributed by atoms with Crippen molar-refractivity contribution in [1.29, 1.82) is 0 Å². The van der Waals surface area contributed by atoms with Crippen molar-refractivity contribution in [3.05, 3.63) is 407 Å². The molecule has 0 amide bonds. The van der Waals surface area contributed by atoms with Crippen molar-refractivity contribution >= 4 is 46.0 Å². The summed E-state index contributed by atoms with van der Waals surface area (Å²) in [5.74, 6) is 0.544. The van der Waals surface area contributed by atoms with Gasteiger partial charge in [0.1, 0.15) is 0 Å². The molecule has 2 nitrogen and oxygen atoms in total. The van der Waals surface area contributed by atoms with Gasteiger partial charge in [-0.1, -0.05) is 299 Å². The summed E-state index contributed by atoms with van der Waals surface area (Å²) in [4.78, 5) is 5.21. The van der Waals surface area contributed by atoms with Gasteiger partial charge in [0, 0.05) is 22.7 Å². The smallest absolute Gasteiger partial charge is 0.0517 e. The first kappa shape index (κ1) is 60.2. The lowest BCUT2D eigenvalue weighted by Crippen LogP contribution is -2.42. The number of benzene rings is 10. The normalized spacial score (nSPS) is 20.4. The molecule has 0 bridgehead atoms. The molecule has 0 fully saturated rings. The van der Waals surface area contributed by atoms with Gasteiger partial charge in [0.15, 0.2) is 0 Å². The summed E-state index contributed by atoms with van der Waals surface area (Å²) in [6.07, 6.45) is 38.3. The van der Waals surface area contributed by atoms with Crippen LogP contribution in [0.15, 0.2) is 345 Å². The Morgan fingerprint density at radius 2 is 0.969 bits per heavy atom. The maximum absolute atomic E-state index is 4.10. The van der Waals surface area contributed by atoms with Crippen LogP contribution in [0.2, 0.25) is 0 Å². The number of nitrogens with zero attached hydrogens (tertiary/aromatic N) is 2. The van der Waals surface area contributed by atoms with Crippen LogP contribution in [0.1, 0.15) is 107 Å². The first-order chi connectivity index (χ1) is 47.3. The second-order valence-electron chi connectivity index (χ2n) is 27.1. The van der Waals surface area contributed by atoms with E-state index < -0.39 is 5.41 Å². The van der Waals surface area contributed by atoms with E-state index in [1.54, 1.807) is 0 Å². The molecule has 0 saturated heterocycles. The second kappa shape index (κ2) is 25.8. The van der Waals surface area contributed by atoms with Crippen LogP contribution in [-0.4, -0.2) is 12.1 Å². The molecule has 0 radical (unpaired) electrons. The number of anilines is 4. The molecule has 0 aliphatic heterocycles. The van der Waals surface area contributed by atoms with Crippen molar-refractivity contribution in [3.63, 3.8) is 0 Å². The van der Waals surface area contributed by atoms with Gasteiger partial charge in [-0.15, -0.1) is 0 Å². The van der Waals surface area contributed by atoms with Gasteiger partial charge >= 0.3 is 0 Å². The molecule has 16 rings (SSSR count). The molecule has 0 aromatic heterocycles. The quantitative estimate of drug-likeness (QED) is 0.0896. The molecule has 96 heavy (non-hydrogen) atoms. The molecule has 5 atom stereocenters. The van der Waals surface area contributed by atoms with Crippen molar-refractivity contribution < 1.29 is 0 Å². The predicted molar refractivity (Wildman–Crippen MR) is 407 cm³/mol. The van der Waals surface area contributed by atoms with E-state index in [0.717, 1.165) is 79.6 Å². The first-order valence-corrected chi connectivity index (χ1v) is 34.7. The molecule has 2 heteroatoms. The number of hydrogen-bond acceptors (Lipinski definition) is 2. The van der Waals surface area contributed by atoms with E-state index in [1.807, 2.05) is 12.2 Å². The lowest BCUT2D eigenvalue weighted by Gasteiger charge is -2.40. The van der Waals surface area contributed by atoms with Crippen LogP contribution in [0.4, 0.5) is 22.7 Å². The Morgan fingerprint density at radius 3 is 1.58 bits per heavy atom. The zero-order valence-corrected chi connectivity index (χ0v) is 54.9. The Balaban J connectivity index is 0.769. The van der Waals surface area contributed by atoms with E-state index in [1.165, 1.54) is 106 Å². The highest BCUT2D eigenvalue weighted by Gasteiger charge is 2.48. The zero-order chi connectivity index (χ0) is 64.6. The van der Waals surface area contributed by atoms with Crippen molar-refractivity contribution in [2.24, 2.45) is 5.92 Å². The van der Waals surface area contributed by atoms with Crippen LogP contribution in [0, 0.1) is 5.92 Å². The van der Waals surface area contributed by atoms with Crippen molar-refractivity contribution in [2.45, 2.75) is 81.2 Å². The maximum Gasteiger partial charge on any atom is 0.0517 e. The Morgan fingerprint density at radius 1 is 0.448 bits per heavy atom. The van der Waals surface area contributed by atoms with Gasteiger partial charge < -0.3 is 9.80 Å². The van der Waals surface area contributed by atoms with Gasteiger partial charge in [-0.05, 0) is 217 Å². The molecule has 0 N–H and O–H groups in total. The molecular formula is C94H80N2. The van der Waals surface area contributed by atoms with E-state index in [2.05, 4.69) is 345 Å². The van der Waals surface area contributed by atoms with Gasteiger partial charge in [0.25, 0.3) is 0 Å². The fourth-order valence-electron chi connectivity index (χ4n) is 16.7. The van der Waals surface area contributed by atoms with E-state index in [4.69, 9.17) is 0 Å². The summed E-state index contributed by atoms with van der Waals surface area (Å²) in [6, 6.07) is 94.0. The minimum absolute atomic E-state index is 0.118. The fourth-order valence-corrected chi connectivity index (χ4v) is 16.7. The summed E-state index contributed by atoms with van der Waals surface area (Å²) in [5.41, 5.74) is 29.9. The minimum Gasteiger partial charge on any atom is -0.358 e. The Hall–Kier alpha value is -10.8. The lowest BCUT2D eigenvalue weighted by molar-refractivity contribution is 0.606. The molecule has 6 aliphatic rings. The average molecular weight is 1240 g/mol. The van der Waals surface area contributed by atoms with E-state index in [0.29, 0.717) is 5.92 Å². The maximum atomic E-state index is 4.10. The molecular weight excluding hydrogens is 1160 g/mol. The van der Waals surface area contributed by atoms with Gasteiger partial charge in [-0.3, -0.25) is 0 Å². The molecule has 0 spiro atoms. The van der Waals surface area contributed by atoms with Crippen LogP contribution in [-0.2, 0) is 23.7 Å². The molecule has 10 aromatic carbocycles. The summed E-state index contributed by atoms with van der Waals surface area (Å²) < 4.78 is 0. The van der Waals surface area contributed by atoms with Crippen molar-refractivity contribution in [2.75, 3.05) is 9.80 Å². The first-order valence-electron chi connectivity index (χ1n) is 34.7. The summed E-state index contributed by atoms with van der Waals surface area (Å²) in [5, 5.41) is 0. The van der Waals surface area contributed by atoms with Crippen LogP contribution >= 0.6 is 0 Å². The monoisotopic (exact) mass is 1240 g/mol. The number of rotatable bonds is 17. The number of hydrogen-bond donors (Lipinski definition) is 0. The molecule has 6 aliphatic carbocycles. The topological polar surface area (TPSA) is 6.48 Å². The highest BCUT2D eigenvalue weighted by molar-refractivity contribution is 5.90. The second-order valence-corrected chi connectivity index (χ2v) is 27.1. The fraction of sp³-hybridized carbons (Fsp3) is 0.149. The van der Waals surface area contributed by atoms with E-state index in [9.17, 15) is 0 Å². The largest absolute Gasteiger partial charge is 0.358 e. The zero-order valence-electron chi connectivity index (χ0n) is 54.9. The number of allylic oxidation sites excluding steroid dienone is 12. The molecule has 0 heterocycles. The minimum atomic E-state index is -0.449. The van der Waals surface area contributed by atoms with Crippen molar-refractivity contribution in [1.82, 2.24) is 0 Å². The van der Waals surface area contributed by atoms with Gasteiger partial charge in [-0.25, -0.2) is 0 Å². The van der Waals surface area contributed by atoms with Crippen LogP contribution in [0.5, 0.6) is 0 Å². The average Bonchev–Trinajstić information content (AvgIpc) is 1.55. The van der Waals surface area contributed by atoms with Crippen LogP contribution in [0.25, 0.3) is 45.6 Å². The Kier molecular flexibility index (Phi) is 16.2. The Labute approximate surface area is 568 Å². The predicted octanol–water partition coefficient (Wildman–Crippen LogP) is 23.7. The third kappa shape index (κ3) is 11.0. The standard InChI is InChI=1S/C94H80N2/c1-4-67-33-37-69(38-34-67)64-93(77-26-14-8-15-27-77)89-31-19-18-30-85(89)86-59-57-83(62-91(86)93)95(79-49-41-73(42-50-79)71-22-10-6-11-23-71)81-53-45-75(46-54-81)76-47-55-82(56-48-76)96(80-51-43-74(44-52-80)72-24-12-7-13-25-72)84-58-60-87-88-61-66(3)21-20-32-90(88)94(92(87)63-84,78-28-16-9-17-29-78)65-70-39-35-68(5-2)36-40-70/h4-12,14-20,22-24,26-51,53-55,57-60,62-63,66,80,82H,1-2,13,21,25,52,56,61,64-65H2,3H3. The molecule has 466 valence electrons. The van der Waals surface area contributed by atoms with Gasteiger partial charge in [0.05, 0.1) is 22.9 Å².